The van der Waals surface area contributed by atoms with Gasteiger partial charge in [-0.15, -0.1) is 0 Å². The van der Waals surface area contributed by atoms with Gasteiger partial charge in [0.05, 0.1) is 22.1 Å². The van der Waals surface area contributed by atoms with E-state index in [1.54, 1.807) is 0 Å². The van der Waals surface area contributed by atoms with Crippen molar-refractivity contribution in [2.45, 2.75) is 0 Å². The molecule has 5 aromatic carbocycles. The van der Waals surface area contributed by atoms with Crippen LogP contribution in [0.5, 0.6) is 0 Å². The molecule has 9 aromatic rings. The highest BCUT2D eigenvalue weighted by molar-refractivity contribution is 6.20. The van der Waals surface area contributed by atoms with Crippen LogP contribution >= 0.6 is 0 Å². The third kappa shape index (κ3) is 2.85. The molecule has 0 N–H and O–H groups in total. The first-order valence-corrected chi connectivity index (χ1v) is 13.5. The largest absolute Gasteiger partial charge is 0.307 e. The lowest BCUT2D eigenvalue weighted by Crippen LogP contribution is -1.95. The summed E-state index contributed by atoms with van der Waals surface area (Å²) >= 11 is 0. The van der Waals surface area contributed by atoms with Crippen LogP contribution in [0, 0.1) is 0 Å². The van der Waals surface area contributed by atoms with Crippen molar-refractivity contribution in [2.75, 3.05) is 0 Å². The lowest BCUT2D eigenvalue weighted by molar-refractivity contribution is 1.18. The van der Waals surface area contributed by atoms with E-state index in [9.17, 15) is 0 Å². The van der Waals surface area contributed by atoms with Crippen molar-refractivity contribution in [3.63, 3.8) is 0 Å². The third-order valence-corrected chi connectivity index (χ3v) is 8.16. The number of para-hydroxylation sites is 2. The highest BCUT2D eigenvalue weighted by atomic mass is 15.1. The van der Waals surface area contributed by atoms with Crippen LogP contribution < -0.4 is 0 Å². The van der Waals surface area contributed by atoms with Crippen molar-refractivity contribution in [3.8, 4) is 16.8 Å². The Morgan fingerprint density at radius 2 is 1.23 bits per heavy atom. The summed E-state index contributed by atoms with van der Waals surface area (Å²) < 4.78 is 4.71. The second kappa shape index (κ2) is 8.01. The lowest BCUT2D eigenvalue weighted by Gasteiger charge is -2.10. The molecular formula is C36H22N4. The van der Waals surface area contributed by atoms with Gasteiger partial charge in [0.2, 0.25) is 0 Å². The summed E-state index contributed by atoms with van der Waals surface area (Å²) in [6.07, 6.45) is 3.73. The van der Waals surface area contributed by atoms with Gasteiger partial charge in [0.15, 0.2) is 0 Å². The predicted octanol–water partition coefficient (Wildman–Crippen LogP) is 8.95. The molecular weight excluding hydrogens is 488 g/mol. The van der Waals surface area contributed by atoms with E-state index in [-0.39, 0.29) is 0 Å². The van der Waals surface area contributed by atoms with Gasteiger partial charge >= 0.3 is 0 Å². The first-order valence-electron chi connectivity index (χ1n) is 13.5. The van der Waals surface area contributed by atoms with Crippen LogP contribution in [0.3, 0.4) is 0 Å². The first-order chi connectivity index (χ1) is 19.9. The van der Waals surface area contributed by atoms with Crippen molar-refractivity contribution < 1.29 is 0 Å². The molecule has 0 spiro atoms. The number of hydrogen-bond donors (Lipinski definition) is 0. The number of rotatable bonds is 2. The van der Waals surface area contributed by atoms with Crippen LogP contribution in [0.25, 0.3) is 77.0 Å². The Labute approximate surface area is 229 Å². The highest BCUT2D eigenvalue weighted by Crippen LogP contribution is 2.39. The van der Waals surface area contributed by atoms with E-state index in [4.69, 9.17) is 4.98 Å². The van der Waals surface area contributed by atoms with Crippen LogP contribution in [0.15, 0.2) is 134 Å². The van der Waals surface area contributed by atoms with Gasteiger partial charge in [-0.1, -0.05) is 78.9 Å². The van der Waals surface area contributed by atoms with Gasteiger partial charge in [-0.25, -0.2) is 4.98 Å². The summed E-state index contributed by atoms with van der Waals surface area (Å²) in [5.41, 5.74) is 9.89. The molecule has 0 unspecified atom stereocenters. The zero-order valence-electron chi connectivity index (χ0n) is 21.5. The molecule has 0 radical (unpaired) electrons. The minimum atomic E-state index is 0.984. The Morgan fingerprint density at radius 3 is 2.05 bits per heavy atom. The number of aromatic nitrogens is 4. The van der Waals surface area contributed by atoms with Crippen molar-refractivity contribution in [1.29, 1.82) is 0 Å². The number of fused-ring (bicyclic) bond motifs is 12. The van der Waals surface area contributed by atoms with Crippen LogP contribution in [0.1, 0.15) is 0 Å². The van der Waals surface area contributed by atoms with E-state index in [0.29, 0.717) is 0 Å². The van der Waals surface area contributed by atoms with Gasteiger partial charge in [-0.05, 0) is 53.4 Å². The minimum absolute atomic E-state index is 0.984. The van der Waals surface area contributed by atoms with E-state index in [1.165, 1.54) is 32.6 Å². The molecule has 0 atom stereocenters. The molecule has 0 aliphatic heterocycles. The number of pyridine rings is 2. The monoisotopic (exact) mass is 510 g/mol. The normalized spacial score (nSPS) is 12.0. The van der Waals surface area contributed by atoms with Gasteiger partial charge in [0.1, 0.15) is 11.2 Å². The van der Waals surface area contributed by atoms with Crippen molar-refractivity contribution in [3.05, 3.63) is 134 Å². The molecule has 4 aromatic heterocycles. The summed E-state index contributed by atoms with van der Waals surface area (Å²) in [5, 5.41) is 6.04. The van der Waals surface area contributed by atoms with Gasteiger partial charge < -0.3 is 4.57 Å². The maximum atomic E-state index is 5.42. The van der Waals surface area contributed by atoms with E-state index >= 15 is 0 Å². The Bertz CT molecular complexity index is 2430. The zero-order chi connectivity index (χ0) is 26.2. The zero-order valence-corrected chi connectivity index (χ0v) is 21.5. The van der Waals surface area contributed by atoms with E-state index in [2.05, 4.69) is 129 Å². The van der Waals surface area contributed by atoms with Crippen molar-refractivity contribution >= 4 is 60.2 Å². The summed E-state index contributed by atoms with van der Waals surface area (Å²) in [5.74, 6) is 0. The van der Waals surface area contributed by atoms with Crippen LogP contribution in [0.4, 0.5) is 0 Å². The number of imidazole rings is 1. The molecule has 40 heavy (non-hydrogen) atoms. The molecule has 0 bridgehead atoms. The molecule has 4 heteroatoms. The SMILES string of the molecule is c1cncc(-c2cccc(-n3c4ccccc4c4ccc5c(nc6c7ccccc7c7ccccc7n56)c43)c2)c1. The molecule has 9 rings (SSSR count). The van der Waals surface area contributed by atoms with Crippen molar-refractivity contribution in [1.82, 2.24) is 18.9 Å². The third-order valence-electron chi connectivity index (χ3n) is 8.16. The fourth-order valence-corrected chi connectivity index (χ4v) is 6.45. The van der Waals surface area contributed by atoms with Gasteiger partial charge in [-0.3, -0.25) is 9.38 Å². The fourth-order valence-electron chi connectivity index (χ4n) is 6.45. The lowest BCUT2D eigenvalue weighted by atomic mass is 10.1. The van der Waals surface area contributed by atoms with Crippen LogP contribution in [-0.4, -0.2) is 18.9 Å². The smallest absolute Gasteiger partial charge is 0.146 e. The quantitative estimate of drug-likeness (QED) is 0.218. The maximum Gasteiger partial charge on any atom is 0.146 e. The van der Waals surface area contributed by atoms with E-state index < -0.39 is 0 Å². The fraction of sp³-hybridized carbons (Fsp3) is 0. The topological polar surface area (TPSA) is 35.1 Å². The van der Waals surface area contributed by atoms with E-state index in [1.807, 2.05) is 18.5 Å². The van der Waals surface area contributed by atoms with Gasteiger partial charge in [0, 0.05) is 45.2 Å². The predicted molar refractivity (Wildman–Crippen MR) is 165 cm³/mol. The second-order valence-electron chi connectivity index (χ2n) is 10.3. The Hall–Kier alpha value is -5.48. The van der Waals surface area contributed by atoms with Crippen LogP contribution in [-0.2, 0) is 0 Å². The Morgan fingerprint density at radius 1 is 0.500 bits per heavy atom. The number of benzene rings is 5. The molecule has 0 fully saturated rings. The molecule has 0 amide bonds. The highest BCUT2D eigenvalue weighted by Gasteiger charge is 2.20. The van der Waals surface area contributed by atoms with Gasteiger partial charge in [-0.2, -0.15) is 0 Å². The minimum Gasteiger partial charge on any atom is -0.307 e. The molecule has 0 saturated carbocycles. The second-order valence-corrected chi connectivity index (χ2v) is 10.3. The maximum absolute atomic E-state index is 5.42. The average molecular weight is 511 g/mol. The summed E-state index contributed by atoms with van der Waals surface area (Å²) in [7, 11) is 0. The molecule has 0 saturated heterocycles. The molecule has 186 valence electrons. The number of nitrogens with zero attached hydrogens (tertiary/aromatic N) is 4. The molecule has 4 nitrogen and oxygen atoms in total. The Kier molecular flexibility index (Phi) is 4.30. The Balaban J connectivity index is 1.48. The summed E-state index contributed by atoms with van der Waals surface area (Å²) in [4.78, 5) is 9.76. The number of hydrogen-bond acceptors (Lipinski definition) is 2. The van der Waals surface area contributed by atoms with Crippen molar-refractivity contribution in [2.24, 2.45) is 0 Å². The molecule has 0 aliphatic rings. The molecule has 0 aliphatic carbocycles. The molecule has 4 heterocycles. The summed E-state index contributed by atoms with van der Waals surface area (Å²) in [6, 6.07) is 43.2. The van der Waals surface area contributed by atoms with Crippen LogP contribution in [0.2, 0.25) is 0 Å². The van der Waals surface area contributed by atoms with Gasteiger partial charge in [0.25, 0.3) is 0 Å². The van der Waals surface area contributed by atoms with E-state index in [0.717, 1.165) is 44.4 Å². The standard InChI is InChI=1S/C36H22N4/c1-2-15-30-26(12-1)27-13-3-6-17-32(27)40-33-19-18-29-28-14-4-5-16-31(28)39(35(29)34(33)38-36(30)40)25-11-7-9-23(21-25)24-10-8-20-37-22-24/h1-22H. The summed E-state index contributed by atoms with van der Waals surface area (Å²) in [6.45, 7) is 0. The average Bonchev–Trinajstić information content (AvgIpc) is 3.59. The first kappa shape index (κ1) is 21.5.